The van der Waals surface area contributed by atoms with Crippen molar-refractivity contribution in [1.82, 2.24) is 19.4 Å². The molecule has 288 valence electrons. The largest absolute Gasteiger partial charge is 0.573 e. The van der Waals surface area contributed by atoms with Crippen LogP contribution in [-0.4, -0.2) is 82.0 Å². The molecule has 2 aromatic carbocycles. The monoisotopic (exact) mass is 760 g/mol. The van der Waals surface area contributed by atoms with Crippen LogP contribution in [0.3, 0.4) is 0 Å². The summed E-state index contributed by atoms with van der Waals surface area (Å²) in [5.74, 6) is -1.69. The summed E-state index contributed by atoms with van der Waals surface area (Å²) in [5, 5.41) is 23.7. The highest BCUT2D eigenvalue weighted by Crippen LogP contribution is 2.45. The Morgan fingerprint density at radius 2 is 1.91 bits per heavy atom. The summed E-state index contributed by atoms with van der Waals surface area (Å²) in [6, 6.07) is 7.07. The van der Waals surface area contributed by atoms with Crippen molar-refractivity contribution in [1.29, 1.82) is 0 Å². The minimum Gasteiger partial charge on any atom is -0.492 e. The fourth-order valence-electron chi connectivity index (χ4n) is 7.21. The Bertz CT molecular complexity index is 2110. The number of carboxylic acids is 1. The van der Waals surface area contributed by atoms with E-state index in [0.29, 0.717) is 47.6 Å². The van der Waals surface area contributed by atoms with E-state index in [9.17, 15) is 38.0 Å². The third-order valence-corrected chi connectivity index (χ3v) is 9.84. The molecule has 4 aromatic rings. The number of ether oxygens (including phenoxy) is 4. The number of halogens is 4. The molecule has 3 atom stereocenters. The molecule has 2 saturated heterocycles. The molecule has 3 aliphatic heterocycles. The maximum Gasteiger partial charge on any atom is 0.573 e. The molecule has 2 N–H and O–H groups in total. The molecule has 0 amide bonds. The first-order valence-electron chi connectivity index (χ1n) is 17.3. The van der Waals surface area contributed by atoms with E-state index >= 15 is 4.39 Å². The van der Waals surface area contributed by atoms with Gasteiger partial charge in [-0.05, 0) is 66.8 Å². The molecule has 0 bridgehead atoms. The van der Waals surface area contributed by atoms with Gasteiger partial charge in [0.1, 0.15) is 35.9 Å². The van der Waals surface area contributed by atoms with E-state index in [2.05, 4.69) is 15.0 Å². The summed E-state index contributed by atoms with van der Waals surface area (Å²) in [7, 11) is 1.48. The first-order valence-corrected chi connectivity index (χ1v) is 17.3. The smallest absolute Gasteiger partial charge is 0.492 e. The summed E-state index contributed by atoms with van der Waals surface area (Å²) in [6.07, 6.45) is 1.56. The Labute approximate surface area is 304 Å². The lowest BCUT2D eigenvalue weighted by molar-refractivity contribution is -0.389. The predicted octanol–water partition coefficient (Wildman–Crippen LogP) is 5.04. The van der Waals surface area contributed by atoms with E-state index in [1.54, 1.807) is 4.57 Å². The third kappa shape index (κ3) is 7.77. The lowest BCUT2D eigenvalue weighted by Gasteiger charge is -2.25. The molecule has 5 heterocycles. The van der Waals surface area contributed by atoms with Crippen molar-refractivity contribution in [2.45, 2.75) is 63.4 Å². The number of aromatic carboxylic acids is 1. The van der Waals surface area contributed by atoms with E-state index in [-0.39, 0.29) is 53.9 Å². The van der Waals surface area contributed by atoms with Gasteiger partial charge in [0, 0.05) is 36.4 Å². The number of pyridine rings is 1. The van der Waals surface area contributed by atoms with Gasteiger partial charge in [-0.15, -0.1) is 13.2 Å². The number of methoxy groups -OCH3 is 1. The van der Waals surface area contributed by atoms with E-state index in [1.165, 1.54) is 54.4 Å². The number of nitro groups is 1. The summed E-state index contributed by atoms with van der Waals surface area (Å²) in [6.45, 7) is 3.04. The predicted molar refractivity (Wildman–Crippen MR) is 183 cm³/mol. The number of piperidine rings is 1. The molecule has 2 aromatic heterocycles. The number of nitrogens with one attached hydrogen (secondary N) is 1. The minimum absolute atomic E-state index is 0.0599. The van der Waals surface area contributed by atoms with Gasteiger partial charge in [0.15, 0.2) is 11.6 Å². The molecular formula is C35H36F4N6O9. The number of carboxylic acid groups (broad SMARTS) is 1. The number of fused-ring (bicyclic) bond motifs is 3. The molecular weight excluding hydrogens is 724 g/mol. The minimum atomic E-state index is -4.73. The molecule has 1 saturated carbocycles. The topological polar surface area (TPSA) is 172 Å². The van der Waals surface area contributed by atoms with Gasteiger partial charge in [-0.1, -0.05) is 12.1 Å². The SMILES string of the molecule is COc1c(N2C[C@@H]3CCCN[C@@H]3C2)c(F)cc2c(=O)c(C(=O)O)cn(C3CC3)c12.O=[N+]([O-])c1cn2c(n1)OC[C@@H](OCc1ccc(OC(F)(F)F)cc1)C2. The number of hydrogen-bond acceptors (Lipinski definition) is 11. The highest BCUT2D eigenvalue weighted by Gasteiger charge is 2.38. The van der Waals surface area contributed by atoms with Crippen molar-refractivity contribution in [2.24, 2.45) is 5.92 Å². The summed E-state index contributed by atoms with van der Waals surface area (Å²) in [4.78, 5) is 40.2. The van der Waals surface area contributed by atoms with Crippen molar-refractivity contribution in [3.05, 3.63) is 80.0 Å². The van der Waals surface area contributed by atoms with Crippen LogP contribution in [0.5, 0.6) is 17.5 Å². The fraction of sp³-hybridized carbons (Fsp3) is 0.457. The van der Waals surface area contributed by atoms with Crippen LogP contribution in [0.1, 0.15) is 47.6 Å². The molecule has 4 aliphatic rings. The van der Waals surface area contributed by atoms with Crippen LogP contribution < -0.4 is 29.9 Å². The Morgan fingerprint density at radius 1 is 1.15 bits per heavy atom. The normalized spacial score (nSPS) is 20.7. The van der Waals surface area contributed by atoms with Crippen LogP contribution in [0.4, 0.5) is 29.1 Å². The van der Waals surface area contributed by atoms with Gasteiger partial charge >= 0.3 is 24.2 Å². The van der Waals surface area contributed by atoms with E-state index in [0.717, 1.165) is 38.8 Å². The number of anilines is 1. The van der Waals surface area contributed by atoms with Gasteiger partial charge in [-0.3, -0.25) is 9.36 Å². The Hall–Kier alpha value is -5.43. The maximum absolute atomic E-state index is 15.3. The molecule has 3 fully saturated rings. The zero-order chi connectivity index (χ0) is 38.3. The number of nitrogens with zero attached hydrogens (tertiary/aromatic N) is 5. The molecule has 0 radical (unpaired) electrons. The van der Waals surface area contributed by atoms with Crippen molar-refractivity contribution in [3.63, 3.8) is 0 Å². The van der Waals surface area contributed by atoms with Crippen LogP contribution in [0.2, 0.25) is 0 Å². The van der Waals surface area contributed by atoms with E-state index < -0.39 is 28.5 Å². The number of rotatable bonds is 9. The highest BCUT2D eigenvalue weighted by molar-refractivity contribution is 5.97. The first-order chi connectivity index (χ1) is 25.8. The van der Waals surface area contributed by atoms with Crippen LogP contribution >= 0.6 is 0 Å². The maximum atomic E-state index is 15.3. The molecule has 1 aliphatic carbocycles. The first kappa shape index (κ1) is 36.9. The van der Waals surface area contributed by atoms with Crippen LogP contribution in [0.15, 0.2) is 47.5 Å². The average molecular weight is 761 g/mol. The number of hydrogen-bond donors (Lipinski definition) is 2. The van der Waals surface area contributed by atoms with Gasteiger partial charge in [0.05, 0.1) is 31.2 Å². The van der Waals surface area contributed by atoms with Gasteiger partial charge < -0.3 is 49.0 Å². The van der Waals surface area contributed by atoms with Crippen LogP contribution in [0, 0.1) is 21.8 Å². The summed E-state index contributed by atoms with van der Waals surface area (Å²) in [5.41, 5.74) is 0.495. The molecule has 8 rings (SSSR count). The van der Waals surface area contributed by atoms with E-state index in [4.69, 9.17) is 14.2 Å². The van der Waals surface area contributed by atoms with Gasteiger partial charge in [-0.25, -0.2) is 9.18 Å². The lowest BCUT2D eigenvalue weighted by Crippen LogP contribution is -2.40. The van der Waals surface area contributed by atoms with Crippen molar-refractivity contribution in [2.75, 3.05) is 38.3 Å². The van der Waals surface area contributed by atoms with Crippen LogP contribution in [-0.2, 0) is 17.9 Å². The van der Waals surface area contributed by atoms with Gasteiger partial charge in [0.25, 0.3) is 0 Å². The second kappa shape index (κ2) is 14.8. The number of aromatic nitrogens is 3. The van der Waals surface area contributed by atoms with Gasteiger partial charge in [-0.2, -0.15) is 0 Å². The highest BCUT2D eigenvalue weighted by atomic mass is 19.4. The standard InChI is InChI=1S/C21H24FN3O4.C14H12F3N3O5/c1-29-20-17-13(19(26)14(21(27)28)9-25(17)12-4-5-12)7-15(22)18(20)24-8-11-3-2-6-23-16(11)10-24;15-14(16,17)25-10-3-1-9(2-4-10)7-23-11-5-19-6-12(20(21)22)18-13(19)24-8-11/h7,9,11-12,16,23H,2-6,8,10H2,1H3,(H,27,28);1-4,6,11H,5,7-8H2/t11-,16+;11-/m00/s1. The molecule has 0 spiro atoms. The van der Waals surface area contributed by atoms with Crippen molar-refractivity contribution < 1.29 is 51.3 Å². The number of benzene rings is 2. The summed E-state index contributed by atoms with van der Waals surface area (Å²) < 4.78 is 75.3. The number of alkyl halides is 3. The number of carbonyl (C=O) groups is 1. The third-order valence-electron chi connectivity index (χ3n) is 9.84. The fourth-order valence-corrected chi connectivity index (χ4v) is 7.21. The number of imidazole rings is 1. The van der Waals surface area contributed by atoms with Crippen molar-refractivity contribution in [3.8, 4) is 17.5 Å². The molecule has 54 heavy (non-hydrogen) atoms. The lowest BCUT2D eigenvalue weighted by atomic mass is 9.94. The molecule has 19 heteroatoms. The van der Waals surface area contributed by atoms with Crippen LogP contribution in [0.25, 0.3) is 10.9 Å². The zero-order valence-corrected chi connectivity index (χ0v) is 28.9. The average Bonchev–Trinajstić information content (AvgIpc) is 3.73. The Kier molecular flexibility index (Phi) is 10.1. The zero-order valence-electron chi connectivity index (χ0n) is 28.9. The van der Waals surface area contributed by atoms with E-state index in [1.807, 2.05) is 4.90 Å². The quantitative estimate of drug-likeness (QED) is 0.133. The Morgan fingerprint density at radius 3 is 2.56 bits per heavy atom. The second-order valence-electron chi connectivity index (χ2n) is 13.5. The molecule has 15 nitrogen and oxygen atoms in total. The van der Waals surface area contributed by atoms with Crippen molar-refractivity contribution >= 4 is 28.4 Å². The Balaban J connectivity index is 0.000000169. The second-order valence-corrected chi connectivity index (χ2v) is 13.5. The summed E-state index contributed by atoms with van der Waals surface area (Å²) >= 11 is 0. The molecule has 0 unspecified atom stereocenters. The van der Waals surface area contributed by atoms with Gasteiger partial charge in [0.2, 0.25) is 5.43 Å².